The monoisotopic (exact) mass is 385 g/mol. The lowest BCUT2D eigenvalue weighted by Gasteiger charge is -2.33. The number of hydrogen-bond acceptors (Lipinski definition) is 4. The van der Waals surface area contributed by atoms with Gasteiger partial charge < -0.3 is 9.47 Å². The van der Waals surface area contributed by atoms with Crippen molar-refractivity contribution in [3.05, 3.63) is 47.2 Å². The number of pyridine rings is 2. The molecular formula is C18H20BrN5. The van der Waals surface area contributed by atoms with Crippen LogP contribution in [0.15, 0.2) is 41.4 Å². The Balaban J connectivity index is 1.49. The molecule has 0 N–H and O–H groups in total. The first-order valence-corrected chi connectivity index (χ1v) is 9.11. The van der Waals surface area contributed by atoms with Crippen molar-refractivity contribution in [3.8, 4) is 0 Å². The molecule has 3 aromatic heterocycles. The van der Waals surface area contributed by atoms with E-state index in [1.54, 1.807) is 0 Å². The summed E-state index contributed by atoms with van der Waals surface area (Å²) in [7, 11) is 2.07. The van der Waals surface area contributed by atoms with Crippen LogP contribution in [0.5, 0.6) is 0 Å². The van der Waals surface area contributed by atoms with Crippen molar-refractivity contribution in [2.45, 2.75) is 19.3 Å². The normalized spacial score (nSPS) is 16.0. The molecule has 4 rings (SSSR count). The maximum absolute atomic E-state index is 4.58. The van der Waals surface area contributed by atoms with Gasteiger partial charge in [-0.15, -0.1) is 0 Å². The average molecular weight is 386 g/mol. The highest BCUT2D eigenvalue weighted by molar-refractivity contribution is 9.10. The minimum Gasteiger partial charge on any atom is -0.370 e. The Labute approximate surface area is 149 Å². The summed E-state index contributed by atoms with van der Waals surface area (Å²) in [4.78, 5) is 15.9. The first-order valence-electron chi connectivity index (χ1n) is 8.32. The first kappa shape index (κ1) is 15.6. The predicted octanol–water partition coefficient (Wildman–Crippen LogP) is 3.58. The molecule has 0 amide bonds. The Hall–Kier alpha value is -1.95. The van der Waals surface area contributed by atoms with E-state index in [4.69, 9.17) is 0 Å². The minimum absolute atomic E-state index is 0.706. The van der Waals surface area contributed by atoms with Gasteiger partial charge in [0.2, 0.25) is 0 Å². The van der Waals surface area contributed by atoms with E-state index >= 15 is 0 Å². The minimum atomic E-state index is 0.706. The van der Waals surface area contributed by atoms with Gasteiger partial charge in [0.25, 0.3) is 0 Å². The number of hydrogen-bond donors (Lipinski definition) is 0. The van der Waals surface area contributed by atoms with E-state index in [0.717, 1.165) is 35.0 Å². The fourth-order valence-corrected chi connectivity index (χ4v) is 3.80. The predicted molar refractivity (Wildman–Crippen MR) is 99.1 cm³/mol. The van der Waals surface area contributed by atoms with Gasteiger partial charge in [-0.1, -0.05) is 0 Å². The van der Waals surface area contributed by atoms with E-state index < -0.39 is 0 Å². The second-order valence-electron chi connectivity index (χ2n) is 6.44. The second kappa shape index (κ2) is 6.51. The van der Waals surface area contributed by atoms with Crippen LogP contribution < -0.4 is 4.90 Å². The summed E-state index contributed by atoms with van der Waals surface area (Å²) in [5.41, 5.74) is 3.13. The molecule has 124 valence electrons. The van der Waals surface area contributed by atoms with E-state index in [1.165, 1.54) is 24.4 Å². The van der Waals surface area contributed by atoms with Crippen LogP contribution in [0.2, 0.25) is 0 Å². The van der Waals surface area contributed by atoms with E-state index in [1.807, 2.05) is 30.9 Å². The van der Waals surface area contributed by atoms with Crippen LogP contribution in [0.25, 0.3) is 11.0 Å². The molecule has 0 aromatic carbocycles. The van der Waals surface area contributed by atoms with Gasteiger partial charge in [-0.05, 0) is 46.8 Å². The van der Waals surface area contributed by atoms with Gasteiger partial charge in [0, 0.05) is 55.8 Å². The Morgan fingerprint density at radius 3 is 2.75 bits per heavy atom. The van der Waals surface area contributed by atoms with Gasteiger partial charge in [0.1, 0.15) is 11.3 Å². The number of rotatable bonds is 3. The van der Waals surface area contributed by atoms with Gasteiger partial charge in [-0.25, -0.2) is 4.98 Å². The zero-order valence-corrected chi connectivity index (χ0v) is 15.3. The molecule has 0 aliphatic carbocycles. The van der Waals surface area contributed by atoms with E-state index in [0.29, 0.717) is 5.92 Å². The molecule has 24 heavy (non-hydrogen) atoms. The molecule has 0 atom stereocenters. The number of nitrogens with zero attached hydrogens (tertiary/aromatic N) is 5. The number of aryl methyl sites for hydroxylation is 1. The molecule has 0 saturated carbocycles. The highest BCUT2D eigenvalue weighted by Gasteiger charge is 2.22. The summed E-state index contributed by atoms with van der Waals surface area (Å²) >= 11 is 3.47. The SMILES string of the molecule is Cn1ccnc1CC1CCN(c2ccnc3cc(Br)cnc23)CC1. The van der Waals surface area contributed by atoms with Gasteiger partial charge in [-0.3, -0.25) is 9.97 Å². The van der Waals surface area contributed by atoms with Crippen molar-refractivity contribution in [2.24, 2.45) is 13.0 Å². The lowest BCUT2D eigenvalue weighted by atomic mass is 9.93. The summed E-state index contributed by atoms with van der Waals surface area (Å²) < 4.78 is 3.10. The summed E-state index contributed by atoms with van der Waals surface area (Å²) in [6.45, 7) is 2.12. The maximum Gasteiger partial charge on any atom is 0.112 e. The first-order chi connectivity index (χ1) is 11.7. The number of halogens is 1. The number of imidazole rings is 1. The van der Waals surface area contributed by atoms with Crippen molar-refractivity contribution in [1.82, 2.24) is 19.5 Å². The van der Waals surface area contributed by atoms with Crippen LogP contribution >= 0.6 is 15.9 Å². The Bertz CT molecular complexity index is 851. The number of fused-ring (bicyclic) bond motifs is 1. The molecular weight excluding hydrogens is 366 g/mol. The van der Waals surface area contributed by atoms with Gasteiger partial charge in [-0.2, -0.15) is 0 Å². The van der Waals surface area contributed by atoms with Crippen LogP contribution in [0.4, 0.5) is 5.69 Å². The van der Waals surface area contributed by atoms with E-state index in [9.17, 15) is 0 Å². The standard InChI is InChI=1S/C18H20BrN5/c1-23-9-6-21-17(23)10-13-3-7-24(8-4-13)16-2-5-20-15-11-14(19)12-22-18(15)16/h2,5-6,9,11-13H,3-4,7-8,10H2,1H3. The number of anilines is 1. The van der Waals surface area contributed by atoms with E-state index in [2.05, 4.69) is 53.5 Å². The Kier molecular flexibility index (Phi) is 4.22. The number of aromatic nitrogens is 4. The van der Waals surface area contributed by atoms with Crippen LogP contribution in [0.3, 0.4) is 0 Å². The van der Waals surface area contributed by atoms with Crippen molar-refractivity contribution in [3.63, 3.8) is 0 Å². The van der Waals surface area contributed by atoms with Gasteiger partial charge in [0.05, 0.1) is 11.2 Å². The van der Waals surface area contributed by atoms with Crippen molar-refractivity contribution in [2.75, 3.05) is 18.0 Å². The van der Waals surface area contributed by atoms with Crippen molar-refractivity contribution < 1.29 is 0 Å². The van der Waals surface area contributed by atoms with Gasteiger partial charge >= 0.3 is 0 Å². The molecule has 4 heterocycles. The maximum atomic E-state index is 4.58. The zero-order chi connectivity index (χ0) is 16.5. The molecule has 0 unspecified atom stereocenters. The summed E-state index contributed by atoms with van der Waals surface area (Å²) in [6.07, 6.45) is 11.1. The molecule has 3 aromatic rings. The second-order valence-corrected chi connectivity index (χ2v) is 7.36. The molecule has 1 saturated heterocycles. The average Bonchev–Trinajstić information content (AvgIpc) is 3.00. The molecule has 1 fully saturated rings. The van der Waals surface area contributed by atoms with Crippen LogP contribution in [-0.4, -0.2) is 32.6 Å². The molecule has 0 spiro atoms. The topological polar surface area (TPSA) is 46.8 Å². The number of piperidine rings is 1. The largest absolute Gasteiger partial charge is 0.370 e. The molecule has 1 aliphatic rings. The summed E-state index contributed by atoms with van der Waals surface area (Å²) in [5, 5.41) is 0. The third-order valence-electron chi connectivity index (χ3n) is 4.87. The van der Waals surface area contributed by atoms with Crippen molar-refractivity contribution >= 4 is 32.7 Å². The summed E-state index contributed by atoms with van der Waals surface area (Å²) in [6, 6.07) is 4.11. The Morgan fingerprint density at radius 1 is 1.17 bits per heavy atom. The molecule has 0 bridgehead atoms. The third kappa shape index (κ3) is 3.02. The molecule has 1 aliphatic heterocycles. The fourth-order valence-electron chi connectivity index (χ4n) is 3.48. The van der Waals surface area contributed by atoms with Gasteiger partial charge in [0.15, 0.2) is 0 Å². The fraction of sp³-hybridized carbons (Fsp3) is 0.389. The molecule has 5 nitrogen and oxygen atoms in total. The smallest absolute Gasteiger partial charge is 0.112 e. The molecule has 0 radical (unpaired) electrons. The Morgan fingerprint density at radius 2 is 2.00 bits per heavy atom. The zero-order valence-electron chi connectivity index (χ0n) is 13.7. The highest BCUT2D eigenvalue weighted by atomic mass is 79.9. The van der Waals surface area contributed by atoms with E-state index in [-0.39, 0.29) is 0 Å². The lowest BCUT2D eigenvalue weighted by Crippen LogP contribution is -2.34. The highest BCUT2D eigenvalue weighted by Crippen LogP contribution is 2.30. The lowest BCUT2D eigenvalue weighted by molar-refractivity contribution is 0.394. The van der Waals surface area contributed by atoms with Crippen LogP contribution in [0.1, 0.15) is 18.7 Å². The van der Waals surface area contributed by atoms with Crippen LogP contribution in [-0.2, 0) is 13.5 Å². The molecule has 6 heteroatoms. The van der Waals surface area contributed by atoms with Crippen molar-refractivity contribution in [1.29, 1.82) is 0 Å². The van der Waals surface area contributed by atoms with Crippen LogP contribution in [0, 0.1) is 5.92 Å². The quantitative estimate of drug-likeness (QED) is 0.690. The summed E-state index contributed by atoms with van der Waals surface area (Å²) in [5.74, 6) is 1.90. The third-order valence-corrected chi connectivity index (χ3v) is 5.30.